The second-order valence-electron chi connectivity index (χ2n) is 14.1. The van der Waals surface area contributed by atoms with Gasteiger partial charge in [-0.1, -0.05) is 187 Å². The van der Waals surface area contributed by atoms with E-state index in [1.54, 1.807) is 0 Å². The summed E-state index contributed by atoms with van der Waals surface area (Å²) in [6, 6.07) is 31.4. The van der Waals surface area contributed by atoms with Crippen LogP contribution in [0.5, 0.6) is 0 Å². The Labute approximate surface area is 311 Å². The van der Waals surface area contributed by atoms with Gasteiger partial charge in [0.25, 0.3) is 0 Å². The quantitative estimate of drug-likeness (QED) is 0.0280. The SMILES string of the molecule is NOC(=O)C(CCCCCCCCCCCOC(c1ccccc1)(c1ccccc1)c1ccccc1)(CCCCCCCCCCC(=O)O)C(=O)O. The first-order valence-corrected chi connectivity index (χ1v) is 19.5. The van der Waals surface area contributed by atoms with Crippen molar-refractivity contribution in [2.45, 2.75) is 134 Å². The van der Waals surface area contributed by atoms with Crippen LogP contribution in [0.1, 0.15) is 145 Å². The fourth-order valence-electron chi connectivity index (χ4n) is 7.27. The molecule has 0 aliphatic carbocycles. The number of unbranched alkanes of at least 4 members (excludes halogenated alkanes) is 15. The van der Waals surface area contributed by atoms with Crippen molar-refractivity contribution in [3.8, 4) is 0 Å². The highest BCUT2D eigenvalue weighted by molar-refractivity contribution is 5.99. The highest BCUT2D eigenvalue weighted by Gasteiger charge is 2.46. The monoisotopic (exact) mass is 715 g/mol. The third kappa shape index (κ3) is 13.5. The molecule has 3 aromatic rings. The van der Waals surface area contributed by atoms with Crippen molar-refractivity contribution in [3.63, 3.8) is 0 Å². The zero-order valence-electron chi connectivity index (χ0n) is 31.0. The normalized spacial score (nSPS) is 12.6. The number of carbonyl (C=O) groups is 3. The average Bonchev–Trinajstić information content (AvgIpc) is 3.17. The number of benzene rings is 3. The predicted molar refractivity (Wildman–Crippen MR) is 205 cm³/mol. The smallest absolute Gasteiger partial charge is 0.341 e. The Morgan fingerprint density at radius 1 is 0.500 bits per heavy atom. The van der Waals surface area contributed by atoms with Gasteiger partial charge in [0, 0.05) is 13.0 Å². The minimum Gasteiger partial charge on any atom is -0.481 e. The molecule has 0 aliphatic rings. The molecule has 3 rings (SSSR count). The summed E-state index contributed by atoms with van der Waals surface area (Å²) in [5, 5.41) is 18.8. The van der Waals surface area contributed by atoms with E-state index in [1.165, 1.54) is 0 Å². The molecule has 52 heavy (non-hydrogen) atoms. The van der Waals surface area contributed by atoms with Gasteiger partial charge in [0.1, 0.15) is 5.60 Å². The van der Waals surface area contributed by atoms with Crippen molar-refractivity contribution in [2.75, 3.05) is 6.61 Å². The minimum absolute atomic E-state index is 0.216. The number of carbonyl (C=O) groups excluding carboxylic acids is 1. The molecule has 4 N–H and O–H groups in total. The van der Waals surface area contributed by atoms with Crippen LogP contribution in [-0.4, -0.2) is 34.7 Å². The van der Waals surface area contributed by atoms with Crippen LogP contribution in [0, 0.1) is 5.41 Å². The van der Waals surface area contributed by atoms with Crippen LogP contribution in [0.25, 0.3) is 0 Å². The first-order chi connectivity index (χ1) is 25.4. The molecule has 0 amide bonds. The van der Waals surface area contributed by atoms with Crippen LogP contribution in [0.15, 0.2) is 91.0 Å². The van der Waals surface area contributed by atoms with Crippen LogP contribution in [0.4, 0.5) is 0 Å². The summed E-state index contributed by atoms with van der Waals surface area (Å²) >= 11 is 0. The Balaban J connectivity index is 1.35. The van der Waals surface area contributed by atoms with E-state index in [4.69, 9.17) is 15.7 Å². The molecule has 0 saturated heterocycles. The van der Waals surface area contributed by atoms with Crippen molar-refractivity contribution in [1.29, 1.82) is 0 Å². The molecule has 8 heteroatoms. The van der Waals surface area contributed by atoms with E-state index in [-0.39, 0.29) is 19.3 Å². The Hall–Kier alpha value is -4.01. The number of ether oxygens (including phenoxy) is 1. The lowest BCUT2D eigenvalue weighted by atomic mass is 9.77. The first kappa shape index (κ1) is 42.4. The van der Waals surface area contributed by atoms with Crippen molar-refractivity contribution in [2.24, 2.45) is 11.3 Å². The van der Waals surface area contributed by atoms with Crippen LogP contribution in [-0.2, 0) is 29.6 Å². The van der Waals surface area contributed by atoms with Gasteiger partial charge in [-0.25, -0.2) is 4.79 Å². The summed E-state index contributed by atoms with van der Waals surface area (Å²) in [6.45, 7) is 0.644. The van der Waals surface area contributed by atoms with E-state index >= 15 is 0 Å². The average molecular weight is 716 g/mol. The molecule has 0 bridgehead atoms. The number of rotatable bonds is 29. The Morgan fingerprint density at radius 2 is 0.846 bits per heavy atom. The van der Waals surface area contributed by atoms with Gasteiger partial charge in [0.2, 0.25) is 0 Å². The zero-order valence-corrected chi connectivity index (χ0v) is 31.0. The molecule has 0 saturated carbocycles. The van der Waals surface area contributed by atoms with E-state index in [9.17, 15) is 19.5 Å². The van der Waals surface area contributed by atoms with Crippen LogP contribution < -0.4 is 5.90 Å². The van der Waals surface area contributed by atoms with Gasteiger partial charge >= 0.3 is 17.9 Å². The molecule has 0 spiro atoms. The molecule has 0 fully saturated rings. The van der Waals surface area contributed by atoms with Gasteiger partial charge in [0.05, 0.1) is 0 Å². The lowest BCUT2D eigenvalue weighted by Crippen LogP contribution is -2.42. The molecular formula is C44H61NO7. The van der Waals surface area contributed by atoms with Crippen molar-refractivity contribution >= 4 is 17.9 Å². The van der Waals surface area contributed by atoms with E-state index in [0.29, 0.717) is 25.9 Å². The lowest BCUT2D eigenvalue weighted by molar-refractivity contribution is -0.171. The Kier molecular flexibility index (Phi) is 19.8. The maximum absolute atomic E-state index is 12.6. The van der Waals surface area contributed by atoms with Crippen molar-refractivity contribution in [3.05, 3.63) is 108 Å². The summed E-state index contributed by atoms with van der Waals surface area (Å²) < 4.78 is 6.90. The molecule has 0 radical (unpaired) electrons. The largest absolute Gasteiger partial charge is 0.481 e. The van der Waals surface area contributed by atoms with E-state index < -0.39 is 28.9 Å². The maximum Gasteiger partial charge on any atom is 0.341 e. The fourth-order valence-corrected chi connectivity index (χ4v) is 7.27. The first-order valence-electron chi connectivity index (χ1n) is 19.5. The molecule has 0 heterocycles. The summed E-state index contributed by atoms with van der Waals surface area (Å²) in [4.78, 5) is 40.0. The number of hydrogen-bond acceptors (Lipinski definition) is 6. The van der Waals surface area contributed by atoms with Gasteiger partial charge in [0.15, 0.2) is 5.41 Å². The minimum atomic E-state index is -1.59. The van der Waals surface area contributed by atoms with Gasteiger partial charge < -0.3 is 19.8 Å². The van der Waals surface area contributed by atoms with Gasteiger partial charge in [-0.15, -0.1) is 0 Å². The van der Waals surface area contributed by atoms with Crippen LogP contribution in [0.2, 0.25) is 0 Å². The number of carboxylic acids is 2. The number of aliphatic carboxylic acids is 2. The second-order valence-corrected chi connectivity index (χ2v) is 14.1. The summed E-state index contributed by atoms with van der Waals surface area (Å²) in [6.07, 6.45) is 16.8. The standard InChI is InChI=1S/C44H61NO7/c45-52-42(50)43(41(48)49,35-25-12-8-4-2-6-10-23-33-40(46)47)34-24-11-7-3-1-5-9-13-26-36-51-44(37-27-17-14-18-28-37,38-29-19-15-20-30-38)39-31-21-16-22-32-39/h14-22,27-32H,1-13,23-26,33-36,45H2,(H,46,47)(H,48,49). The maximum atomic E-state index is 12.6. The van der Waals surface area contributed by atoms with E-state index in [0.717, 1.165) is 107 Å². The molecule has 0 aromatic heterocycles. The Bertz CT molecular complexity index is 1320. The summed E-state index contributed by atoms with van der Waals surface area (Å²) in [5.41, 5.74) is 1.06. The van der Waals surface area contributed by atoms with E-state index in [2.05, 4.69) is 77.6 Å². The third-order valence-electron chi connectivity index (χ3n) is 10.3. The molecule has 3 aromatic carbocycles. The topological polar surface area (TPSA) is 136 Å². The lowest BCUT2D eigenvalue weighted by Gasteiger charge is -2.36. The highest BCUT2D eigenvalue weighted by Crippen LogP contribution is 2.40. The number of carboxylic acid groups (broad SMARTS) is 2. The van der Waals surface area contributed by atoms with Crippen LogP contribution in [0.3, 0.4) is 0 Å². The molecule has 1 atom stereocenters. The van der Waals surface area contributed by atoms with Crippen molar-refractivity contribution in [1.82, 2.24) is 0 Å². The number of hydrogen-bond donors (Lipinski definition) is 3. The van der Waals surface area contributed by atoms with Crippen LogP contribution >= 0.6 is 0 Å². The van der Waals surface area contributed by atoms with Gasteiger partial charge in [-0.05, 0) is 42.4 Å². The third-order valence-corrected chi connectivity index (χ3v) is 10.3. The summed E-state index contributed by atoms with van der Waals surface area (Å²) in [5.74, 6) is 2.44. The van der Waals surface area contributed by atoms with E-state index in [1.807, 2.05) is 18.2 Å². The van der Waals surface area contributed by atoms with Gasteiger partial charge in [-0.3, -0.25) is 9.59 Å². The second kappa shape index (κ2) is 24.3. The Morgan fingerprint density at radius 3 is 1.19 bits per heavy atom. The molecule has 0 aliphatic heterocycles. The predicted octanol–water partition coefficient (Wildman–Crippen LogP) is 10.4. The van der Waals surface area contributed by atoms with Crippen molar-refractivity contribution < 1.29 is 34.2 Å². The molecular weight excluding hydrogens is 654 g/mol. The number of nitrogens with two attached hydrogens (primary N) is 1. The van der Waals surface area contributed by atoms with Gasteiger partial charge in [-0.2, -0.15) is 5.90 Å². The molecule has 8 nitrogen and oxygen atoms in total. The highest BCUT2D eigenvalue weighted by atomic mass is 16.7. The summed E-state index contributed by atoms with van der Waals surface area (Å²) in [7, 11) is 0. The zero-order chi connectivity index (χ0) is 37.3. The fraction of sp³-hybridized carbons (Fsp3) is 0.523. The molecule has 284 valence electrons. The molecule has 1 unspecified atom stereocenters.